The molecule has 0 spiro atoms. The monoisotopic (exact) mass is 496 g/mol. The fraction of sp³-hybridized carbons (Fsp3) is 0.0294. The van der Waals surface area contributed by atoms with E-state index in [9.17, 15) is 4.79 Å². The quantitative estimate of drug-likeness (QED) is 0.142. The minimum Gasteiger partial charge on any atom is -0.426 e. The number of carbonyl (C=O) groups is 1. The molecule has 37 heavy (non-hydrogen) atoms. The van der Waals surface area contributed by atoms with Gasteiger partial charge in [0.15, 0.2) is 0 Å². The van der Waals surface area contributed by atoms with Crippen molar-refractivity contribution in [3.63, 3.8) is 0 Å². The van der Waals surface area contributed by atoms with Crippen molar-refractivity contribution in [3.8, 4) is 16.9 Å². The summed E-state index contributed by atoms with van der Waals surface area (Å²) in [5, 5.41) is 8.24. The van der Waals surface area contributed by atoms with Gasteiger partial charge in [0.05, 0.1) is 0 Å². The number of carbonyl (C=O) groups excluding carboxylic acids is 1. The average Bonchev–Trinajstić information content (AvgIpc) is 2.94. The summed E-state index contributed by atoms with van der Waals surface area (Å²) in [5.41, 5.74) is 2.07. The van der Waals surface area contributed by atoms with E-state index in [2.05, 4.69) is 109 Å². The van der Waals surface area contributed by atoms with Gasteiger partial charge in [0.25, 0.3) is 0 Å². The molecule has 0 aliphatic rings. The second-order valence-corrected chi connectivity index (χ2v) is 11.1. The highest BCUT2D eigenvalue weighted by molar-refractivity contribution is 7.80. The van der Waals surface area contributed by atoms with Crippen LogP contribution in [0.2, 0.25) is 0 Å². The number of rotatable bonds is 5. The number of ether oxygens (including phenoxy) is 1. The van der Waals surface area contributed by atoms with Gasteiger partial charge in [0, 0.05) is 18.1 Å². The molecule has 0 saturated heterocycles. The van der Waals surface area contributed by atoms with Crippen LogP contribution in [0.4, 0.5) is 0 Å². The van der Waals surface area contributed by atoms with Gasteiger partial charge in [-0.05, 0) is 51.4 Å². The molecule has 0 radical (unpaired) electrons. The van der Waals surface area contributed by atoms with Crippen molar-refractivity contribution in [2.75, 3.05) is 0 Å². The molecule has 0 aromatic heterocycles. The molecule has 0 heterocycles. The van der Waals surface area contributed by atoms with E-state index in [1.807, 2.05) is 24.3 Å². The van der Waals surface area contributed by atoms with Gasteiger partial charge in [0.1, 0.15) is 5.75 Å². The van der Waals surface area contributed by atoms with Crippen molar-refractivity contribution in [2.45, 2.75) is 6.92 Å². The van der Waals surface area contributed by atoms with Crippen LogP contribution in [0.25, 0.3) is 32.7 Å². The molecule has 6 rings (SSSR count). The summed E-state index contributed by atoms with van der Waals surface area (Å²) < 4.78 is 5.87. The van der Waals surface area contributed by atoms with E-state index >= 15 is 0 Å². The molecule has 6 aromatic carbocycles. The summed E-state index contributed by atoms with van der Waals surface area (Å²) >= 11 is 0. The summed E-state index contributed by atoms with van der Waals surface area (Å²) in [6.07, 6.45) is 0. The third-order valence-corrected chi connectivity index (χ3v) is 9.05. The van der Waals surface area contributed by atoms with Gasteiger partial charge in [-0.3, -0.25) is 4.79 Å². The maximum absolute atomic E-state index is 12.2. The van der Waals surface area contributed by atoms with Gasteiger partial charge < -0.3 is 4.74 Å². The Morgan fingerprint density at radius 2 is 1.03 bits per heavy atom. The smallest absolute Gasteiger partial charge is 0.308 e. The van der Waals surface area contributed by atoms with Crippen molar-refractivity contribution in [1.82, 2.24) is 0 Å². The number of fused-ring (bicyclic) bond motifs is 2. The Morgan fingerprint density at radius 1 is 0.541 bits per heavy atom. The Morgan fingerprint density at radius 3 is 1.59 bits per heavy atom. The Bertz CT molecular complexity index is 1690. The summed E-state index contributed by atoms with van der Waals surface area (Å²) in [4.78, 5) is 12.2. The zero-order valence-electron chi connectivity index (χ0n) is 20.5. The van der Waals surface area contributed by atoms with Crippen LogP contribution in [-0.2, 0) is 4.79 Å². The van der Waals surface area contributed by atoms with E-state index in [0.29, 0.717) is 5.75 Å². The molecule has 0 unspecified atom stereocenters. The normalized spacial score (nSPS) is 11.2. The fourth-order valence-electron chi connectivity index (χ4n) is 5.04. The number of benzene rings is 6. The molecule has 178 valence electrons. The van der Waals surface area contributed by atoms with Crippen molar-refractivity contribution in [2.24, 2.45) is 0 Å². The fourth-order valence-corrected chi connectivity index (χ4v) is 7.51. The lowest BCUT2D eigenvalue weighted by Gasteiger charge is -2.25. The summed E-state index contributed by atoms with van der Waals surface area (Å²) in [5.74, 6) is 0.256. The second kappa shape index (κ2) is 10.0. The maximum Gasteiger partial charge on any atom is 0.308 e. The Kier molecular flexibility index (Phi) is 6.26. The van der Waals surface area contributed by atoms with Gasteiger partial charge in [-0.25, -0.2) is 0 Å². The van der Waals surface area contributed by atoms with Gasteiger partial charge >= 0.3 is 5.97 Å². The lowest BCUT2D eigenvalue weighted by Crippen LogP contribution is -2.22. The third-order valence-electron chi connectivity index (χ3n) is 6.57. The van der Waals surface area contributed by atoms with Gasteiger partial charge in [-0.1, -0.05) is 127 Å². The minimum atomic E-state index is -0.892. The van der Waals surface area contributed by atoms with Crippen LogP contribution in [-0.4, -0.2) is 5.97 Å². The van der Waals surface area contributed by atoms with Crippen molar-refractivity contribution in [1.29, 1.82) is 0 Å². The first-order chi connectivity index (χ1) is 18.2. The molecule has 0 atom stereocenters. The first-order valence-electron chi connectivity index (χ1n) is 12.3. The Hall–Kier alpha value is -4.26. The van der Waals surface area contributed by atoms with Crippen molar-refractivity contribution >= 4 is 51.3 Å². The Balaban J connectivity index is 1.77. The molecular weight excluding hydrogens is 471 g/mol. The number of esters is 1. The first-order valence-corrected chi connectivity index (χ1v) is 13.7. The van der Waals surface area contributed by atoms with Crippen LogP contribution in [0, 0.1) is 0 Å². The van der Waals surface area contributed by atoms with E-state index in [-0.39, 0.29) is 5.97 Å². The van der Waals surface area contributed by atoms with E-state index in [4.69, 9.17) is 4.74 Å². The lowest BCUT2D eigenvalue weighted by molar-refractivity contribution is -0.131. The molecule has 3 heteroatoms. The highest BCUT2D eigenvalue weighted by Crippen LogP contribution is 2.45. The highest BCUT2D eigenvalue weighted by Gasteiger charge is 2.25. The van der Waals surface area contributed by atoms with Gasteiger partial charge in [0.2, 0.25) is 0 Å². The van der Waals surface area contributed by atoms with Crippen LogP contribution in [0.3, 0.4) is 0 Å². The SMILES string of the molecule is CC(=O)Oc1ccc2ccccc2c1-c1c(P(c2ccccc2)c2ccccc2)ccc2ccccc12. The van der Waals surface area contributed by atoms with Gasteiger partial charge in [-0.2, -0.15) is 0 Å². The van der Waals surface area contributed by atoms with Crippen LogP contribution >= 0.6 is 7.92 Å². The van der Waals surface area contributed by atoms with E-state index in [0.717, 1.165) is 32.7 Å². The predicted molar refractivity (Wildman–Crippen MR) is 157 cm³/mol. The second-order valence-electron chi connectivity index (χ2n) is 8.94. The van der Waals surface area contributed by atoms with Crippen molar-refractivity contribution in [3.05, 3.63) is 133 Å². The van der Waals surface area contributed by atoms with Crippen LogP contribution in [0.15, 0.2) is 133 Å². The molecule has 0 aliphatic carbocycles. The average molecular weight is 497 g/mol. The molecule has 0 amide bonds. The van der Waals surface area contributed by atoms with Crippen LogP contribution < -0.4 is 20.7 Å². The third kappa shape index (κ3) is 4.42. The Labute approximate surface area is 217 Å². The highest BCUT2D eigenvalue weighted by atomic mass is 31.1. The minimum absolute atomic E-state index is 0.327. The molecule has 0 saturated carbocycles. The van der Waals surface area contributed by atoms with E-state index in [1.165, 1.54) is 22.8 Å². The van der Waals surface area contributed by atoms with E-state index in [1.54, 1.807) is 0 Å². The van der Waals surface area contributed by atoms with Crippen LogP contribution in [0.5, 0.6) is 5.75 Å². The van der Waals surface area contributed by atoms with Gasteiger partial charge in [-0.15, -0.1) is 0 Å². The zero-order chi connectivity index (χ0) is 25.2. The zero-order valence-corrected chi connectivity index (χ0v) is 21.4. The molecule has 0 N–H and O–H groups in total. The largest absolute Gasteiger partial charge is 0.426 e. The standard InChI is InChI=1S/C34H25O2P/c1-24(35)36-31-22-20-25-12-8-10-18-29(25)33(31)34-30-19-11-9-13-26(30)21-23-32(34)37(27-14-4-2-5-15-27)28-16-6-3-7-17-28/h2-23H,1H3. The lowest BCUT2D eigenvalue weighted by atomic mass is 9.93. The molecule has 2 nitrogen and oxygen atoms in total. The summed E-state index contributed by atoms with van der Waals surface area (Å²) in [7, 11) is -0.892. The van der Waals surface area contributed by atoms with Crippen molar-refractivity contribution < 1.29 is 9.53 Å². The molecule has 6 aromatic rings. The molecule has 0 fully saturated rings. The first kappa shape index (κ1) is 23.2. The molecule has 0 aliphatic heterocycles. The predicted octanol–water partition coefficient (Wildman–Crippen LogP) is 7.34. The maximum atomic E-state index is 12.2. The topological polar surface area (TPSA) is 26.3 Å². The van der Waals surface area contributed by atoms with E-state index < -0.39 is 7.92 Å². The number of hydrogen-bond donors (Lipinski definition) is 0. The summed E-state index contributed by atoms with van der Waals surface area (Å²) in [6.45, 7) is 1.46. The molecule has 0 bridgehead atoms. The number of hydrogen-bond acceptors (Lipinski definition) is 2. The van der Waals surface area contributed by atoms with Crippen LogP contribution in [0.1, 0.15) is 6.92 Å². The summed E-state index contributed by atoms with van der Waals surface area (Å²) in [6, 6.07) is 46.7. The molecular formula is C34H25O2P.